The Balaban J connectivity index is 1.97. The largest absolute Gasteiger partial charge is 0.378 e. The van der Waals surface area contributed by atoms with Gasteiger partial charge in [0.05, 0.1) is 0 Å². The van der Waals surface area contributed by atoms with E-state index in [0.717, 1.165) is 22.5 Å². The van der Waals surface area contributed by atoms with Crippen LogP contribution >= 0.6 is 24.4 Å². The highest BCUT2D eigenvalue weighted by Gasteiger charge is 2.01. The molecule has 0 saturated heterocycles. The van der Waals surface area contributed by atoms with Crippen LogP contribution in [0.2, 0.25) is 0 Å². The van der Waals surface area contributed by atoms with Crippen LogP contribution in [-0.4, -0.2) is 50.6 Å². The van der Waals surface area contributed by atoms with Crippen LogP contribution in [0.3, 0.4) is 0 Å². The Kier molecular flexibility index (Phi) is 7.12. The van der Waals surface area contributed by atoms with Gasteiger partial charge in [0, 0.05) is 52.0 Å². The fraction of sp³-hybridized carbons (Fsp3) is 0.200. The molecule has 2 aromatic rings. The van der Waals surface area contributed by atoms with E-state index < -0.39 is 0 Å². The zero-order chi connectivity index (χ0) is 19.1. The number of thiocarbonyl (C=S) groups is 2. The number of benzene rings is 2. The standard InChI is InChI=1S/C20H22N4S2/c1-23(2)17-9-5-15(6-10-17)13-21-19(25)20(26)22-14-16-7-11-18(12-8-16)24(3)4/h5-14H,1-4H3. The number of hydrogen-bond donors (Lipinski definition) is 0. The highest BCUT2D eigenvalue weighted by Crippen LogP contribution is 2.12. The van der Waals surface area contributed by atoms with Gasteiger partial charge in [0.15, 0.2) is 9.98 Å². The van der Waals surface area contributed by atoms with Crippen LogP contribution < -0.4 is 9.80 Å². The smallest absolute Gasteiger partial charge is 0.162 e. The lowest BCUT2D eigenvalue weighted by atomic mass is 10.2. The van der Waals surface area contributed by atoms with E-state index in [1.54, 1.807) is 12.4 Å². The Morgan fingerprint density at radius 3 is 1.23 bits per heavy atom. The number of anilines is 2. The second-order valence-corrected chi connectivity index (χ2v) is 6.87. The molecule has 0 fully saturated rings. The van der Waals surface area contributed by atoms with E-state index >= 15 is 0 Å². The number of hydrogen-bond acceptors (Lipinski definition) is 4. The molecule has 2 rings (SSSR count). The summed E-state index contributed by atoms with van der Waals surface area (Å²) in [7, 11) is 8.01. The van der Waals surface area contributed by atoms with Gasteiger partial charge in [0.1, 0.15) is 0 Å². The van der Waals surface area contributed by atoms with Gasteiger partial charge in [-0.1, -0.05) is 48.7 Å². The predicted molar refractivity (Wildman–Crippen MR) is 122 cm³/mol. The third-order valence-corrected chi connectivity index (χ3v) is 4.39. The molecule has 0 amide bonds. The van der Waals surface area contributed by atoms with E-state index in [1.807, 2.05) is 86.5 Å². The summed E-state index contributed by atoms with van der Waals surface area (Å²) in [6, 6.07) is 16.0. The molecule has 2 aromatic carbocycles. The summed E-state index contributed by atoms with van der Waals surface area (Å²) in [5.41, 5.74) is 4.18. The van der Waals surface area contributed by atoms with Crippen molar-refractivity contribution in [1.82, 2.24) is 0 Å². The van der Waals surface area contributed by atoms with Crippen LogP contribution in [0.5, 0.6) is 0 Å². The SMILES string of the molecule is CN(C)c1ccc(C=NC(=S)C(=S)N=Cc2ccc(N(C)C)cc2)cc1. The minimum absolute atomic E-state index is 0.304. The summed E-state index contributed by atoms with van der Waals surface area (Å²) in [6.07, 6.45) is 3.41. The van der Waals surface area contributed by atoms with Gasteiger partial charge < -0.3 is 9.80 Å². The third-order valence-electron chi connectivity index (χ3n) is 3.66. The second-order valence-electron chi connectivity index (χ2n) is 6.10. The highest BCUT2D eigenvalue weighted by molar-refractivity contribution is 7.89. The second kappa shape index (κ2) is 9.31. The van der Waals surface area contributed by atoms with Crippen molar-refractivity contribution in [1.29, 1.82) is 0 Å². The van der Waals surface area contributed by atoms with E-state index in [9.17, 15) is 0 Å². The van der Waals surface area contributed by atoms with Crippen molar-refractivity contribution >= 4 is 58.2 Å². The molecule has 0 saturated carbocycles. The lowest BCUT2D eigenvalue weighted by Crippen LogP contribution is -2.08. The molecule has 134 valence electrons. The Labute approximate surface area is 165 Å². The van der Waals surface area contributed by atoms with Crippen molar-refractivity contribution in [3.05, 3.63) is 59.7 Å². The summed E-state index contributed by atoms with van der Waals surface area (Å²) in [5.74, 6) is 0. The van der Waals surface area contributed by atoms with Gasteiger partial charge in [0.2, 0.25) is 0 Å². The molecular weight excluding hydrogens is 360 g/mol. The van der Waals surface area contributed by atoms with Crippen molar-refractivity contribution in [3.8, 4) is 0 Å². The zero-order valence-electron chi connectivity index (χ0n) is 15.4. The Hall–Kier alpha value is -2.44. The molecule has 6 heteroatoms. The molecular formula is C20H22N4S2. The van der Waals surface area contributed by atoms with Crippen molar-refractivity contribution < 1.29 is 0 Å². The normalized spacial score (nSPS) is 11.1. The molecule has 0 spiro atoms. The van der Waals surface area contributed by atoms with Crippen molar-refractivity contribution in [2.75, 3.05) is 38.0 Å². The minimum Gasteiger partial charge on any atom is -0.378 e. The summed E-state index contributed by atoms with van der Waals surface area (Å²) >= 11 is 10.5. The molecule has 0 heterocycles. The van der Waals surface area contributed by atoms with Gasteiger partial charge in [0.25, 0.3) is 0 Å². The van der Waals surface area contributed by atoms with E-state index in [0.29, 0.717) is 9.98 Å². The van der Waals surface area contributed by atoms with Gasteiger partial charge >= 0.3 is 0 Å². The number of nitrogens with zero attached hydrogens (tertiary/aromatic N) is 4. The molecule has 0 aliphatic carbocycles. The van der Waals surface area contributed by atoms with E-state index in [-0.39, 0.29) is 0 Å². The molecule has 0 aromatic heterocycles. The fourth-order valence-corrected chi connectivity index (χ4v) is 2.30. The summed E-state index contributed by atoms with van der Waals surface area (Å²) in [6.45, 7) is 0. The fourth-order valence-electron chi connectivity index (χ4n) is 2.09. The molecule has 4 nitrogen and oxygen atoms in total. The van der Waals surface area contributed by atoms with E-state index in [4.69, 9.17) is 24.4 Å². The van der Waals surface area contributed by atoms with E-state index in [1.165, 1.54) is 0 Å². The number of aliphatic imine (C=N–C) groups is 2. The van der Waals surface area contributed by atoms with Crippen LogP contribution in [0, 0.1) is 0 Å². The van der Waals surface area contributed by atoms with Crippen LogP contribution in [-0.2, 0) is 0 Å². The maximum Gasteiger partial charge on any atom is 0.162 e. The van der Waals surface area contributed by atoms with Crippen molar-refractivity contribution in [2.24, 2.45) is 9.98 Å². The third kappa shape index (κ3) is 5.82. The average molecular weight is 383 g/mol. The topological polar surface area (TPSA) is 31.2 Å². The van der Waals surface area contributed by atoms with E-state index in [2.05, 4.69) is 9.98 Å². The van der Waals surface area contributed by atoms with Crippen LogP contribution in [0.15, 0.2) is 58.5 Å². The molecule has 0 unspecified atom stereocenters. The van der Waals surface area contributed by atoms with Crippen LogP contribution in [0.1, 0.15) is 11.1 Å². The van der Waals surface area contributed by atoms with Crippen LogP contribution in [0.4, 0.5) is 11.4 Å². The Morgan fingerprint density at radius 1 is 0.654 bits per heavy atom. The number of rotatable bonds is 4. The average Bonchev–Trinajstić information content (AvgIpc) is 2.64. The first-order chi connectivity index (χ1) is 12.4. The minimum atomic E-state index is 0.304. The Morgan fingerprint density at radius 2 is 0.962 bits per heavy atom. The van der Waals surface area contributed by atoms with Gasteiger partial charge in [-0.05, 0) is 35.4 Å². The summed E-state index contributed by atoms with van der Waals surface area (Å²) < 4.78 is 0. The lowest BCUT2D eigenvalue weighted by Gasteiger charge is -2.11. The molecule has 0 atom stereocenters. The van der Waals surface area contributed by atoms with Crippen molar-refractivity contribution in [3.63, 3.8) is 0 Å². The molecule has 0 aliphatic rings. The van der Waals surface area contributed by atoms with Gasteiger partial charge in [-0.15, -0.1) is 0 Å². The predicted octanol–water partition coefficient (Wildman–Crippen LogP) is 4.01. The summed E-state index contributed by atoms with van der Waals surface area (Å²) in [5, 5.41) is 0. The van der Waals surface area contributed by atoms with Crippen molar-refractivity contribution in [2.45, 2.75) is 0 Å². The first-order valence-electron chi connectivity index (χ1n) is 8.08. The molecule has 0 radical (unpaired) electrons. The highest BCUT2D eigenvalue weighted by atomic mass is 32.1. The monoisotopic (exact) mass is 382 g/mol. The molecule has 0 aliphatic heterocycles. The quantitative estimate of drug-likeness (QED) is 0.591. The lowest BCUT2D eigenvalue weighted by molar-refractivity contribution is 1.13. The van der Waals surface area contributed by atoms with Gasteiger partial charge in [-0.2, -0.15) is 0 Å². The molecule has 0 N–H and O–H groups in total. The Bertz CT molecular complexity index is 748. The molecule has 0 bridgehead atoms. The maximum atomic E-state index is 5.25. The first-order valence-corrected chi connectivity index (χ1v) is 8.89. The van der Waals surface area contributed by atoms with Gasteiger partial charge in [-0.3, -0.25) is 0 Å². The van der Waals surface area contributed by atoms with Crippen LogP contribution in [0.25, 0.3) is 0 Å². The van der Waals surface area contributed by atoms with Gasteiger partial charge in [-0.25, -0.2) is 9.98 Å². The first kappa shape index (κ1) is 19.9. The molecule has 26 heavy (non-hydrogen) atoms. The summed E-state index contributed by atoms with van der Waals surface area (Å²) in [4.78, 5) is 13.2. The maximum absolute atomic E-state index is 5.25. The zero-order valence-corrected chi connectivity index (χ0v) is 17.0.